The minimum Gasteiger partial charge on any atom is -0.363 e. The van der Waals surface area contributed by atoms with Gasteiger partial charge in [0.05, 0.1) is 6.04 Å². The molecular weight excluding hydrogens is 322 g/mol. The fraction of sp³-hybridized carbons (Fsp3) is 0.267. The first-order valence-corrected chi connectivity index (χ1v) is 7.28. The normalized spacial score (nSPS) is 21.3. The van der Waals surface area contributed by atoms with Crippen LogP contribution in [-0.2, 0) is 14.3 Å². The van der Waals surface area contributed by atoms with Gasteiger partial charge in [-0.3, -0.25) is 9.59 Å². The van der Waals surface area contributed by atoms with Crippen molar-refractivity contribution in [3.05, 3.63) is 47.2 Å². The van der Waals surface area contributed by atoms with Gasteiger partial charge in [0.15, 0.2) is 11.9 Å². The standard InChI is InChI=1S/C15H14ClN3O4/c1-19-12(20)8-22-14(15(21)17-11-6-7-23-18-11)13(19)9-2-4-10(16)5-3-9/h2-7,13-14H,8H2,1H3,(H,17,18,21). The lowest BCUT2D eigenvalue weighted by Gasteiger charge is -2.38. The van der Waals surface area contributed by atoms with Gasteiger partial charge in [-0.15, -0.1) is 0 Å². The van der Waals surface area contributed by atoms with Gasteiger partial charge in [0, 0.05) is 18.1 Å². The minimum atomic E-state index is -0.865. The molecule has 2 aromatic rings. The maximum Gasteiger partial charge on any atom is 0.257 e. The van der Waals surface area contributed by atoms with Crippen LogP contribution in [0.2, 0.25) is 5.02 Å². The first-order chi connectivity index (χ1) is 11.1. The maximum atomic E-state index is 12.5. The predicted octanol–water partition coefficient (Wildman–Crippen LogP) is 1.86. The topological polar surface area (TPSA) is 84.7 Å². The zero-order valence-corrected chi connectivity index (χ0v) is 13.0. The van der Waals surface area contributed by atoms with E-state index in [1.807, 2.05) is 0 Å². The Morgan fingerprint density at radius 1 is 1.35 bits per heavy atom. The van der Waals surface area contributed by atoms with E-state index in [9.17, 15) is 9.59 Å². The summed E-state index contributed by atoms with van der Waals surface area (Å²) in [7, 11) is 1.64. The summed E-state index contributed by atoms with van der Waals surface area (Å²) < 4.78 is 10.2. The van der Waals surface area contributed by atoms with E-state index in [1.165, 1.54) is 17.2 Å². The maximum absolute atomic E-state index is 12.5. The van der Waals surface area contributed by atoms with Gasteiger partial charge in [-0.2, -0.15) is 0 Å². The van der Waals surface area contributed by atoms with Gasteiger partial charge in [0.2, 0.25) is 5.91 Å². The first kappa shape index (κ1) is 15.5. The molecule has 8 heteroatoms. The molecule has 0 radical (unpaired) electrons. The Hall–Kier alpha value is -2.38. The van der Waals surface area contributed by atoms with Crippen LogP contribution in [0.3, 0.4) is 0 Å². The van der Waals surface area contributed by atoms with Crippen LogP contribution >= 0.6 is 11.6 Å². The Labute approximate surface area is 137 Å². The van der Waals surface area contributed by atoms with E-state index in [-0.39, 0.29) is 18.3 Å². The number of carbonyl (C=O) groups excluding carboxylic acids is 2. The zero-order chi connectivity index (χ0) is 16.4. The highest BCUT2D eigenvalue weighted by Gasteiger charge is 2.40. The van der Waals surface area contributed by atoms with Gasteiger partial charge >= 0.3 is 0 Å². The van der Waals surface area contributed by atoms with E-state index in [4.69, 9.17) is 16.3 Å². The highest BCUT2D eigenvalue weighted by atomic mass is 35.5. The van der Waals surface area contributed by atoms with Gasteiger partial charge in [0.25, 0.3) is 5.91 Å². The molecule has 23 heavy (non-hydrogen) atoms. The van der Waals surface area contributed by atoms with Gasteiger partial charge in [-0.1, -0.05) is 28.9 Å². The number of amides is 2. The number of likely N-dealkylation sites (N-methyl/N-ethyl adjacent to an activating group) is 1. The third-order valence-electron chi connectivity index (χ3n) is 3.64. The number of carbonyl (C=O) groups is 2. The van der Waals surface area contributed by atoms with Crippen LogP contribution in [0.15, 0.2) is 41.1 Å². The summed E-state index contributed by atoms with van der Waals surface area (Å²) in [6.45, 7) is -0.155. The Morgan fingerprint density at radius 3 is 2.74 bits per heavy atom. The SMILES string of the molecule is CN1C(=O)COC(C(=O)Nc2ccon2)C1c1ccc(Cl)cc1. The van der Waals surface area contributed by atoms with E-state index in [0.717, 1.165) is 5.56 Å². The third-order valence-corrected chi connectivity index (χ3v) is 3.89. The second-order valence-corrected chi connectivity index (χ2v) is 5.54. The van der Waals surface area contributed by atoms with E-state index < -0.39 is 18.1 Å². The number of nitrogens with zero attached hydrogens (tertiary/aromatic N) is 2. The van der Waals surface area contributed by atoms with Crippen LogP contribution in [0.5, 0.6) is 0 Å². The molecule has 1 saturated heterocycles. The average molecular weight is 336 g/mol. The van der Waals surface area contributed by atoms with Crippen molar-refractivity contribution in [3.63, 3.8) is 0 Å². The third kappa shape index (κ3) is 3.20. The molecule has 2 unspecified atom stereocenters. The molecule has 0 aliphatic carbocycles. The van der Waals surface area contributed by atoms with Gasteiger partial charge in [0.1, 0.15) is 12.9 Å². The molecule has 0 saturated carbocycles. The van der Waals surface area contributed by atoms with Crippen molar-refractivity contribution in [2.75, 3.05) is 19.0 Å². The predicted molar refractivity (Wildman–Crippen MR) is 81.8 cm³/mol. The summed E-state index contributed by atoms with van der Waals surface area (Å²) in [6.07, 6.45) is 0.486. The van der Waals surface area contributed by atoms with E-state index in [1.54, 1.807) is 31.3 Å². The van der Waals surface area contributed by atoms with Crippen molar-refractivity contribution < 1.29 is 18.8 Å². The molecule has 2 heterocycles. The van der Waals surface area contributed by atoms with E-state index in [0.29, 0.717) is 5.02 Å². The average Bonchev–Trinajstić information content (AvgIpc) is 3.04. The number of hydrogen-bond acceptors (Lipinski definition) is 5. The quantitative estimate of drug-likeness (QED) is 0.925. The van der Waals surface area contributed by atoms with Crippen LogP contribution in [-0.4, -0.2) is 41.6 Å². The molecule has 2 atom stereocenters. The number of morpholine rings is 1. The van der Waals surface area contributed by atoms with Crippen LogP contribution < -0.4 is 5.32 Å². The number of halogens is 1. The van der Waals surface area contributed by atoms with Gasteiger partial charge in [-0.25, -0.2) is 0 Å². The van der Waals surface area contributed by atoms with Crippen molar-refractivity contribution >= 4 is 29.2 Å². The lowest BCUT2D eigenvalue weighted by molar-refractivity contribution is -0.160. The monoisotopic (exact) mass is 335 g/mol. The minimum absolute atomic E-state index is 0.155. The lowest BCUT2D eigenvalue weighted by Crippen LogP contribution is -2.51. The van der Waals surface area contributed by atoms with Crippen LogP contribution in [0.4, 0.5) is 5.82 Å². The molecule has 1 fully saturated rings. The Bertz CT molecular complexity index is 702. The van der Waals surface area contributed by atoms with Gasteiger partial charge < -0.3 is 19.5 Å². The second kappa shape index (κ2) is 6.39. The van der Waals surface area contributed by atoms with Crippen molar-refractivity contribution in [3.8, 4) is 0 Å². The van der Waals surface area contributed by atoms with Crippen molar-refractivity contribution in [2.24, 2.45) is 0 Å². The molecule has 2 amide bonds. The second-order valence-electron chi connectivity index (χ2n) is 5.11. The molecule has 0 spiro atoms. The Kier molecular flexibility index (Phi) is 4.31. The highest BCUT2D eigenvalue weighted by Crippen LogP contribution is 2.30. The van der Waals surface area contributed by atoms with Crippen LogP contribution in [0, 0.1) is 0 Å². The lowest BCUT2D eigenvalue weighted by atomic mass is 9.97. The summed E-state index contributed by atoms with van der Waals surface area (Å²) in [6, 6.07) is 7.91. The number of nitrogens with one attached hydrogen (secondary N) is 1. The molecule has 1 aliphatic heterocycles. The first-order valence-electron chi connectivity index (χ1n) is 6.90. The molecule has 3 rings (SSSR count). The van der Waals surface area contributed by atoms with Crippen molar-refractivity contribution in [1.82, 2.24) is 10.1 Å². The molecule has 1 aliphatic rings. The molecular formula is C15H14ClN3O4. The molecule has 120 valence electrons. The molecule has 1 aromatic heterocycles. The fourth-order valence-corrected chi connectivity index (χ4v) is 2.59. The van der Waals surface area contributed by atoms with Crippen LogP contribution in [0.25, 0.3) is 0 Å². The van der Waals surface area contributed by atoms with Crippen molar-refractivity contribution in [1.29, 1.82) is 0 Å². The summed E-state index contributed by atoms with van der Waals surface area (Å²) in [5.41, 5.74) is 0.755. The van der Waals surface area contributed by atoms with Crippen LogP contribution in [0.1, 0.15) is 11.6 Å². The Balaban J connectivity index is 1.88. The molecule has 0 bridgehead atoms. The number of hydrogen-bond donors (Lipinski definition) is 1. The smallest absolute Gasteiger partial charge is 0.257 e. The fourth-order valence-electron chi connectivity index (χ4n) is 2.46. The largest absolute Gasteiger partial charge is 0.363 e. The number of benzene rings is 1. The summed E-state index contributed by atoms with van der Waals surface area (Å²) in [5.74, 6) is -0.318. The van der Waals surface area contributed by atoms with E-state index in [2.05, 4.69) is 15.0 Å². The number of ether oxygens (including phenoxy) is 1. The zero-order valence-electron chi connectivity index (χ0n) is 12.2. The Morgan fingerprint density at radius 2 is 2.09 bits per heavy atom. The highest BCUT2D eigenvalue weighted by molar-refractivity contribution is 6.30. The van der Waals surface area contributed by atoms with Gasteiger partial charge in [-0.05, 0) is 17.7 Å². The van der Waals surface area contributed by atoms with Crippen molar-refractivity contribution in [2.45, 2.75) is 12.1 Å². The molecule has 7 nitrogen and oxygen atoms in total. The number of aromatic nitrogens is 1. The summed E-state index contributed by atoms with van der Waals surface area (Å²) in [4.78, 5) is 25.9. The molecule has 1 N–H and O–H groups in total. The summed E-state index contributed by atoms with van der Waals surface area (Å²) in [5, 5.41) is 6.81. The summed E-state index contributed by atoms with van der Waals surface area (Å²) >= 11 is 5.90. The van der Waals surface area contributed by atoms with E-state index >= 15 is 0 Å². The number of rotatable bonds is 3. The number of anilines is 1. The molecule has 1 aromatic carbocycles.